The molecule has 1 N–H and O–H groups in total. The Morgan fingerprint density at radius 1 is 0.700 bits per heavy atom. The van der Waals surface area contributed by atoms with Gasteiger partial charge < -0.3 is 19.9 Å². The third kappa shape index (κ3) is 8.10. The number of hydrogen-bond donors (Lipinski definition) is 1. The van der Waals surface area contributed by atoms with Gasteiger partial charge in [-0.3, -0.25) is 4.79 Å². The highest BCUT2D eigenvalue weighted by Crippen LogP contribution is 2.44. The van der Waals surface area contributed by atoms with Gasteiger partial charge in [0.2, 0.25) is 5.91 Å². The number of anilines is 1. The number of likely N-dealkylation sites (tertiary alicyclic amines) is 1. The number of amides is 2. The van der Waals surface area contributed by atoms with Crippen LogP contribution in [0.4, 0.5) is 10.5 Å². The van der Waals surface area contributed by atoms with E-state index in [1.807, 2.05) is 89.8 Å². The van der Waals surface area contributed by atoms with Crippen molar-refractivity contribution < 1.29 is 14.3 Å². The van der Waals surface area contributed by atoms with E-state index in [1.165, 1.54) is 16.7 Å². The Balaban J connectivity index is 0.00000432. The van der Waals surface area contributed by atoms with E-state index in [2.05, 4.69) is 64.8 Å². The quantitative estimate of drug-likeness (QED) is 0.152. The number of para-hydroxylation sites is 1. The Kier molecular flexibility index (Phi) is 11.6. The fourth-order valence-electron chi connectivity index (χ4n) is 7.44. The smallest absolute Gasteiger partial charge is 0.407 e. The monoisotopic (exact) mass is 685 g/mol. The molecule has 50 heavy (non-hydrogen) atoms. The van der Waals surface area contributed by atoms with Crippen LogP contribution >= 0.6 is 12.4 Å². The van der Waals surface area contributed by atoms with Gasteiger partial charge in [0.1, 0.15) is 12.6 Å². The molecule has 5 aromatic rings. The molecule has 1 fully saturated rings. The third-order valence-corrected chi connectivity index (χ3v) is 9.97. The molecule has 0 radical (unpaired) electrons. The number of nitrogens with one attached hydrogen (secondary N) is 1. The molecule has 1 saturated heterocycles. The molecule has 0 saturated carbocycles. The molecule has 1 aliphatic carbocycles. The maximum Gasteiger partial charge on any atom is 0.407 e. The lowest BCUT2D eigenvalue weighted by atomic mass is 9.98. The minimum Gasteiger partial charge on any atom is -0.449 e. The van der Waals surface area contributed by atoms with Crippen LogP contribution in [-0.4, -0.2) is 55.2 Å². The van der Waals surface area contributed by atoms with Crippen LogP contribution in [0.1, 0.15) is 41.0 Å². The SMILES string of the molecule is Cl.O=C(N[C@@H](Cc1ccccc1)C(=O)N(c1ccccc1)C1CCN(CCc2ccccc2)CC1)OCC1c2ccccc2-c2ccccc21. The molecule has 0 bridgehead atoms. The van der Waals surface area contributed by atoms with Crippen molar-refractivity contribution in [3.63, 3.8) is 0 Å². The van der Waals surface area contributed by atoms with E-state index >= 15 is 0 Å². The molecule has 6 nitrogen and oxygen atoms in total. The third-order valence-electron chi connectivity index (χ3n) is 9.97. The average molecular weight is 686 g/mol. The van der Waals surface area contributed by atoms with Crippen molar-refractivity contribution in [2.24, 2.45) is 0 Å². The number of fused-ring (bicyclic) bond motifs is 3. The second-order valence-corrected chi connectivity index (χ2v) is 13.1. The van der Waals surface area contributed by atoms with E-state index in [-0.39, 0.29) is 36.9 Å². The highest BCUT2D eigenvalue weighted by atomic mass is 35.5. The van der Waals surface area contributed by atoms with Crippen molar-refractivity contribution in [2.45, 2.75) is 43.7 Å². The van der Waals surface area contributed by atoms with Crippen molar-refractivity contribution in [1.29, 1.82) is 0 Å². The predicted molar refractivity (Wildman–Crippen MR) is 203 cm³/mol. The van der Waals surface area contributed by atoms with E-state index < -0.39 is 12.1 Å². The van der Waals surface area contributed by atoms with Crippen LogP contribution in [0.3, 0.4) is 0 Å². The normalized spacial score (nSPS) is 14.9. The number of hydrogen-bond acceptors (Lipinski definition) is 4. The Hall–Kier alpha value is -4.91. The molecule has 0 aromatic heterocycles. The summed E-state index contributed by atoms with van der Waals surface area (Å²) in [6, 6.07) is 46.2. The zero-order valence-electron chi connectivity index (χ0n) is 28.2. The molecular weight excluding hydrogens is 642 g/mol. The number of piperidine rings is 1. The fourth-order valence-corrected chi connectivity index (χ4v) is 7.44. The molecule has 2 amide bonds. The van der Waals surface area contributed by atoms with Gasteiger partial charge in [-0.15, -0.1) is 12.4 Å². The Morgan fingerprint density at radius 2 is 1.22 bits per heavy atom. The Labute approximate surface area is 301 Å². The van der Waals surface area contributed by atoms with Crippen molar-refractivity contribution in [2.75, 3.05) is 31.1 Å². The Morgan fingerprint density at radius 3 is 1.82 bits per heavy atom. The molecule has 7 heteroatoms. The summed E-state index contributed by atoms with van der Waals surface area (Å²) in [7, 11) is 0. The molecular formula is C43H44ClN3O3. The van der Waals surface area contributed by atoms with E-state index in [0.29, 0.717) is 6.42 Å². The van der Waals surface area contributed by atoms with Gasteiger partial charge in [0, 0.05) is 43.7 Å². The van der Waals surface area contributed by atoms with Crippen molar-refractivity contribution in [3.8, 4) is 11.1 Å². The number of alkyl carbamates (subject to hydrolysis) is 1. The number of nitrogens with zero attached hydrogens (tertiary/aromatic N) is 2. The van der Waals surface area contributed by atoms with Crippen LogP contribution in [0.5, 0.6) is 0 Å². The van der Waals surface area contributed by atoms with Crippen molar-refractivity contribution in [1.82, 2.24) is 10.2 Å². The number of carbonyl (C=O) groups is 2. The number of carbonyl (C=O) groups excluding carboxylic acids is 2. The Bertz CT molecular complexity index is 1800. The number of rotatable bonds is 11. The minimum atomic E-state index is -0.797. The largest absolute Gasteiger partial charge is 0.449 e. The van der Waals surface area contributed by atoms with Gasteiger partial charge >= 0.3 is 6.09 Å². The summed E-state index contributed by atoms with van der Waals surface area (Å²) in [6.07, 6.45) is 2.51. The van der Waals surface area contributed by atoms with Gasteiger partial charge in [0.25, 0.3) is 0 Å². The zero-order valence-corrected chi connectivity index (χ0v) is 29.0. The van der Waals surface area contributed by atoms with Crippen LogP contribution < -0.4 is 10.2 Å². The highest BCUT2D eigenvalue weighted by molar-refractivity contribution is 5.99. The first-order chi connectivity index (χ1) is 24.1. The minimum absolute atomic E-state index is 0. The first kappa shape index (κ1) is 34.9. The lowest BCUT2D eigenvalue weighted by Crippen LogP contribution is -2.55. The average Bonchev–Trinajstić information content (AvgIpc) is 3.48. The lowest BCUT2D eigenvalue weighted by Gasteiger charge is -2.40. The molecule has 0 spiro atoms. The molecule has 1 aliphatic heterocycles. The standard InChI is InChI=1S/C43H43N3O3.ClH/c47-42(46(34-18-8-3-9-19-34)35-25-28-45(29-26-35)27-24-32-14-4-1-5-15-32)41(30-33-16-6-2-7-17-33)44-43(48)49-31-40-38-22-12-10-20-36(38)37-21-11-13-23-39(37)40;/h1-23,35,40-41H,24-31H2,(H,44,48);1H/t41-;/m0./s1. The van der Waals surface area contributed by atoms with E-state index in [1.54, 1.807) is 0 Å². The maximum absolute atomic E-state index is 14.7. The molecule has 256 valence electrons. The van der Waals surface area contributed by atoms with E-state index in [0.717, 1.165) is 61.3 Å². The van der Waals surface area contributed by atoms with Gasteiger partial charge in [-0.1, -0.05) is 127 Å². The van der Waals surface area contributed by atoms with Crippen LogP contribution in [0.15, 0.2) is 140 Å². The topological polar surface area (TPSA) is 61.9 Å². The number of benzene rings is 5. The van der Waals surface area contributed by atoms with Crippen LogP contribution in [0, 0.1) is 0 Å². The predicted octanol–water partition coefficient (Wildman–Crippen LogP) is 8.30. The second kappa shape index (κ2) is 16.7. The molecule has 1 heterocycles. The molecule has 0 unspecified atom stereocenters. The van der Waals surface area contributed by atoms with Crippen LogP contribution in [-0.2, 0) is 22.4 Å². The van der Waals surface area contributed by atoms with Gasteiger partial charge in [-0.05, 0) is 64.8 Å². The summed E-state index contributed by atoms with van der Waals surface area (Å²) < 4.78 is 5.94. The molecule has 2 aliphatic rings. The highest BCUT2D eigenvalue weighted by Gasteiger charge is 2.35. The van der Waals surface area contributed by atoms with Crippen molar-refractivity contribution >= 4 is 30.1 Å². The number of ether oxygens (including phenoxy) is 1. The number of halogens is 1. The van der Waals surface area contributed by atoms with Crippen LogP contribution in [0.2, 0.25) is 0 Å². The summed E-state index contributed by atoms with van der Waals surface area (Å²) >= 11 is 0. The summed E-state index contributed by atoms with van der Waals surface area (Å²) in [5.41, 5.74) is 7.82. The lowest BCUT2D eigenvalue weighted by molar-refractivity contribution is -0.121. The van der Waals surface area contributed by atoms with Gasteiger partial charge in [0.15, 0.2) is 0 Å². The van der Waals surface area contributed by atoms with Crippen LogP contribution in [0.25, 0.3) is 11.1 Å². The van der Waals surface area contributed by atoms with Gasteiger partial charge in [-0.25, -0.2) is 4.79 Å². The summed E-state index contributed by atoms with van der Waals surface area (Å²) in [5, 5.41) is 3.01. The zero-order chi connectivity index (χ0) is 33.4. The second-order valence-electron chi connectivity index (χ2n) is 13.1. The summed E-state index contributed by atoms with van der Waals surface area (Å²) in [4.78, 5) is 32.7. The summed E-state index contributed by atoms with van der Waals surface area (Å²) in [5.74, 6) is -0.180. The van der Waals surface area contributed by atoms with Gasteiger partial charge in [0.05, 0.1) is 0 Å². The summed E-state index contributed by atoms with van der Waals surface area (Å²) in [6.45, 7) is 3.01. The van der Waals surface area contributed by atoms with E-state index in [4.69, 9.17) is 4.74 Å². The molecule has 1 atom stereocenters. The molecule has 7 rings (SSSR count). The first-order valence-electron chi connectivity index (χ1n) is 17.4. The molecule has 5 aromatic carbocycles. The van der Waals surface area contributed by atoms with E-state index in [9.17, 15) is 9.59 Å². The maximum atomic E-state index is 14.7. The van der Waals surface area contributed by atoms with Gasteiger partial charge in [-0.2, -0.15) is 0 Å². The fraction of sp³-hybridized carbons (Fsp3) is 0.256. The van der Waals surface area contributed by atoms with Crippen molar-refractivity contribution in [3.05, 3.63) is 162 Å². The first-order valence-corrected chi connectivity index (χ1v) is 17.4.